The van der Waals surface area contributed by atoms with Gasteiger partial charge in [-0.1, -0.05) is 24.3 Å². The average molecular weight is 457 g/mol. The van der Waals surface area contributed by atoms with Crippen LogP contribution in [0.5, 0.6) is 5.75 Å². The number of carbonyl (C=O) groups excluding carboxylic acids is 2. The molecule has 1 unspecified atom stereocenters. The molecule has 2 aromatic heterocycles. The minimum Gasteiger partial charge on any atom is -0.496 e. The van der Waals surface area contributed by atoms with Crippen LogP contribution in [0.1, 0.15) is 41.2 Å². The molecule has 1 saturated carbocycles. The first-order valence-corrected chi connectivity index (χ1v) is 11.0. The maximum atomic E-state index is 12.8. The quantitative estimate of drug-likeness (QED) is 0.466. The number of hydrogen-bond acceptors (Lipinski definition) is 7. The normalized spacial score (nSPS) is 15.6. The topological polar surface area (TPSA) is 125 Å². The number of ether oxygens (including phenoxy) is 1. The zero-order valence-electron chi connectivity index (χ0n) is 18.9. The number of hydrogen-bond donors (Lipinski definition) is 2. The van der Waals surface area contributed by atoms with E-state index in [9.17, 15) is 9.59 Å². The number of aromatic nitrogens is 4. The number of nitrogens with one attached hydrogen (secondary N) is 1. The third-order valence-electron chi connectivity index (χ3n) is 6.16. The van der Waals surface area contributed by atoms with Gasteiger partial charge in [0.2, 0.25) is 0 Å². The molecule has 0 aliphatic heterocycles. The number of rotatable bonds is 5. The van der Waals surface area contributed by atoms with Crippen molar-refractivity contribution in [1.82, 2.24) is 19.7 Å². The molecule has 5 rings (SSSR count). The highest BCUT2D eigenvalue weighted by Gasteiger charge is 2.28. The van der Waals surface area contributed by atoms with Crippen molar-refractivity contribution in [3.8, 4) is 17.0 Å². The molecule has 3 N–H and O–H groups in total. The van der Waals surface area contributed by atoms with Gasteiger partial charge in [0.15, 0.2) is 5.65 Å². The lowest BCUT2D eigenvalue weighted by Crippen LogP contribution is -2.13. The summed E-state index contributed by atoms with van der Waals surface area (Å²) in [5.41, 5.74) is 10.2. The summed E-state index contributed by atoms with van der Waals surface area (Å²) < 4.78 is 7.20. The molecule has 34 heavy (non-hydrogen) atoms. The molecule has 9 nitrogen and oxygen atoms in total. The highest BCUT2D eigenvalue weighted by molar-refractivity contribution is 6.06. The monoisotopic (exact) mass is 456 g/mol. The van der Waals surface area contributed by atoms with E-state index in [0.717, 1.165) is 17.5 Å². The van der Waals surface area contributed by atoms with Crippen LogP contribution >= 0.6 is 0 Å². The lowest BCUT2D eigenvalue weighted by atomic mass is 10.1. The fourth-order valence-electron chi connectivity index (χ4n) is 4.47. The summed E-state index contributed by atoms with van der Waals surface area (Å²) in [6.45, 7) is 1.89. The SMILES string of the molecule is COc1c(C)cccc1C(=O)Nc1ccc(-c2nn(C3CCC(=O)C3)c3ncnc(N)c23)cc1. The maximum Gasteiger partial charge on any atom is 0.259 e. The second-order valence-corrected chi connectivity index (χ2v) is 8.37. The van der Waals surface area contributed by atoms with Gasteiger partial charge in [-0.25, -0.2) is 14.6 Å². The van der Waals surface area contributed by atoms with Gasteiger partial charge in [0.25, 0.3) is 5.91 Å². The molecule has 172 valence electrons. The minimum absolute atomic E-state index is 0.0408. The van der Waals surface area contributed by atoms with E-state index in [0.29, 0.717) is 52.4 Å². The molecule has 4 aromatic rings. The summed E-state index contributed by atoms with van der Waals surface area (Å²) in [7, 11) is 1.55. The van der Waals surface area contributed by atoms with Crippen LogP contribution in [-0.2, 0) is 4.79 Å². The van der Waals surface area contributed by atoms with Crippen LogP contribution in [0.3, 0.4) is 0 Å². The molecule has 9 heteroatoms. The Morgan fingerprint density at radius 3 is 2.68 bits per heavy atom. The Kier molecular flexibility index (Phi) is 5.45. The number of fused-ring (bicyclic) bond motifs is 1. The molecule has 0 spiro atoms. The van der Waals surface area contributed by atoms with Crippen molar-refractivity contribution in [2.24, 2.45) is 0 Å². The smallest absolute Gasteiger partial charge is 0.259 e. The number of amides is 1. The number of methoxy groups -OCH3 is 1. The number of anilines is 2. The maximum absolute atomic E-state index is 12.8. The molecule has 1 atom stereocenters. The average Bonchev–Trinajstić information content (AvgIpc) is 3.44. The summed E-state index contributed by atoms with van der Waals surface area (Å²) in [4.78, 5) is 33.2. The summed E-state index contributed by atoms with van der Waals surface area (Å²) in [6, 6.07) is 12.7. The van der Waals surface area contributed by atoms with E-state index in [1.54, 1.807) is 30.0 Å². The largest absolute Gasteiger partial charge is 0.496 e. The molecule has 1 fully saturated rings. The number of nitrogen functional groups attached to an aromatic ring is 1. The van der Waals surface area contributed by atoms with Crippen LogP contribution in [-0.4, -0.2) is 38.5 Å². The lowest BCUT2D eigenvalue weighted by molar-refractivity contribution is -0.117. The first-order chi connectivity index (χ1) is 16.5. The van der Waals surface area contributed by atoms with Crippen LogP contribution in [0.4, 0.5) is 11.5 Å². The van der Waals surface area contributed by atoms with Crippen molar-refractivity contribution in [3.05, 3.63) is 59.9 Å². The second kappa shape index (κ2) is 8.58. The van der Waals surface area contributed by atoms with E-state index < -0.39 is 0 Å². The van der Waals surface area contributed by atoms with Gasteiger partial charge in [0.1, 0.15) is 29.4 Å². The summed E-state index contributed by atoms with van der Waals surface area (Å²) in [5.74, 6) is 0.850. The fourth-order valence-corrected chi connectivity index (χ4v) is 4.47. The third kappa shape index (κ3) is 3.75. The first-order valence-electron chi connectivity index (χ1n) is 11.0. The van der Waals surface area contributed by atoms with Crippen LogP contribution in [0.15, 0.2) is 48.8 Å². The Morgan fingerprint density at radius 2 is 1.97 bits per heavy atom. The van der Waals surface area contributed by atoms with E-state index in [1.165, 1.54) is 6.33 Å². The number of nitrogens with two attached hydrogens (primary N) is 1. The molecule has 2 aromatic carbocycles. The number of para-hydroxylation sites is 1. The number of carbonyl (C=O) groups is 2. The van der Waals surface area contributed by atoms with Crippen molar-refractivity contribution >= 4 is 34.2 Å². The van der Waals surface area contributed by atoms with Crippen LogP contribution in [0.25, 0.3) is 22.3 Å². The predicted molar refractivity (Wildman–Crippen MR) is 129 cm³/mol. The molecule has 1 amide bonds. The zero-order valence-corrected chi connectivity index (χ0v) is 18.9. The van der Waals surface area contributed by atoms with Gasteiger partial charge in [0.05, 0.1) is 24.1 Å². The van der Waals surface area contributed by atoms with Gasteiger partial charge in [-0.3, -0.25) is 9.59 Å². The Labute approximate surface area is 196 Å². The molecule has 0 saturated heterocycles. The summed E-state index contributed by atoms with van der Waals surface area (Å²) >= 11 is 0. The first kappa shape index (κ1) is 21.6. The summed E-state index contributed by atoms with van der Waals surface area (Å²) in [6.07, 6.45) is 3.12. The van der Waals surface area contributed by atoms with Gasteiger partial charge < -0.3 is 15.8 Å². The number of nitrogens with zero attached hydrogens (tertiary/aromatic N) is 4. The molecule has 1 aliphatic carbocycles. The lowest BCUT2D eigenvalue weighted by Gasteiger charge is -2.11. The number of aryl methyl sites for hydroxylation is 1. The Balaban J connectivity index is 1.46. The van der Waals surface area contributed by atoms with E-state index in [4.69, 9.17) is 15.6 Å². The van der Waals surface area contributed by atoms with E-state index in [1.807, 2.05) is 31.2 Å². The molecular weight excluding hydrogens is 432 g/mol. The Morgan fingerprint density at radius 1 is 1.18 bits per heavy atom. The summed E-state index contributed by atoms with van der Waals surface area (Å²) in [5, 5.41) is 8.35. The fraction of sp³-hybridized carbons (Fsp3) is 0.240. The van der Waals surface area contributed by atoms with E-state index in [2.05, 4.69) is 15.3 Å². The number of benzene rings is 2. The highest BCUT2D eigenvalue weighted by atomic mass is 16.5. The second-order valence-electron chi connectivity index (χ2n) is 8.37. The number of ketones is 1. The van der Waals surface area contributed by atoms with E-state index in [-0.39, 0.29) is 17.7 Å². The van der Waals surface area contributed by atoms with Crippen LogP contribution in [0, 0.1) is 6.92 Å². The molecular formula is C25H24N6O3. The van der Waals surface area contributed by atoms with Crippen LogP contribution in [0.2, 0.25) is 0 Å². The van der Waals surface area contributed by atoms with Crippen molar-refractivity contribution in [1.29, 1.82) is 0 Å². The van der Waals surface area contributed by atoms with Crippen molar-refractivity contribution in [3.63, 3.8) is 0 Å². The third-order valence-corrected chi connectivity index (χ3v) is 6.16. The number of Topliss-reactive ketones (excluding diaryl/α,β-unsaturated/α-hetero) is 1. The zero-order chi connectivity index (χ0) is 23.8. The Hall–Kier alpha value is -4.27. The highest BCUT2D eigenvalue weighted by Crippen LogP contribution is 2.36. The minimum atomic E-state index is -0.258. The van der Waals surface area contributed by atoms with Gasteiger partial charge >= 0.3 is 0 Å². The van der Waals surface area contributed by atoms with Crippen molar-refractivity contribution in [2.45, 2.75) is 32.2 Å². The molecule has 2 heterocycles. The van der Waals surface area contributed by atoms with Gasteiger partial charge in [-0.05, 0) is 37.1 Å². The van der Waals surface area contributed by atoms with Gasteiger partial charge in [-0.2, -0.15) is 5.10 Å². The van der Waals surface area contributed by atoms with Gasteiger partial charge in [0, 0.05) is 24.1 Å². The Bertz CT molecular complexity index is 1410. The standard InChI is InChI=1S/C25H24N6O3/c1-14-4-3-5-19(22(14)34-2)25(33)29-16-8-6-15(7-9-16)21-20-23(26)27-13-28-24(20)31(30-21)17-10-11-18(32)12-17/h3-9,13,17H,10-12H2,1-2H3,(H,29,33)(H2,26,27,28). The van der Waals surface area contributed by atoms with E-state index >= 15 is 0 Å². The molecule has 1 aliphatic rings. The predicted octanol–water partition coefficient (Wildman–Crippen LogP) is 3.94. The van der Waals surface area contributed by atoms with Crippen molar-refractivity contribution < 1.29 is 14.3 Å². The van der Waals surface area contributed by atoms with Crippen molar-refractivity contribution in [2.75, 3.05) is 18.2 Å². The van der Waals surface area contributed by atoms with Gasteiger partial charge in [-0.15, -0.1) is 0 Å². The molecule has 0 bridgehead atoms. The van der Waals surface area contributed by atoms with Crippen LogP contribution < -0.4 is 15.8 Å². The molecule has 0 radical (unpaired) electrons.